The number of nitro benzene ring substituents is 1. The van der Waals surface area contributed by atoms with E-state index in [-0.39, 0.29) is 17.3 Å². The first-order chi connectivity index (χ1) is 14.0. The first-order valence-corrected chi connectivity index (χ1v) is 9.68. The van der Waals surface area contributed by atoms with Crippen LogP contribution in [0.2, 0.25) is 0 Å². The molecule has 7 nitrogen and oxygen atoms in total. The monoisotopic (exact) mass is 390 g/mol. The second-order valence-corrected chi connectivity index (χ2v) is 7.34. The number of rotatable bonds is 5. The number of nitrogens with one attached hydrogen (secondary N) is 1. The minimum absolute atomic E-state index is 0.0961. The highest BCUT2D eigenvalue weighted by Crippen LogP contribution is 2.31. The molecule has 1 N–H and O–H groups in total. The van der Waals surface area contributed by atoms with Gasteiger partial charge >= 0.3 is 0 Å². The van der Waals surface area contributed by atoms with Gasteiger partial charge in [-0.25, -0.2) is 0 Å². The molecular weight excluding hydrogens is 368 g/mol. The van der Waals surface area contributed by atoms with Gasteiger partial charge in [0, 0.05) is 16.8 Å². The molecule has 0 saturated carbocycles. The molecule has 0 fully saturated rings. The fraction of sp³-hybridized carbons (Fsp3) is 0.273. The van der Waals surface area contributed by atoms with Gasteiger partial charge < -0.3 is 5.32 Å². The average Bonchev–Trinajstić information content (AvgIpc) is 3.12. The van der Waals surface area contributed by atoms with E-state index in [2.05, 4.69) is 22.5 Å². The van der Waals surface area contributed by atoms with Crippen LogP contribution < -0.4 is 5.32 Å². The average molecular weight is 390 g/mol. The van der Waals surface area contributed by atoms with Crippen molar-refractivity contribution in [3.63, 3.8) is 0 Å². The topological polar surface area (TPSA) is 90.1 Å². The van der Waals surface area contributed by atoms with Crippen molar-refractivity contribution in [1.29, 1.82) is 0 Å². The Labute approximate surface area is 168 Å². The zero-order chi connectivity index (χ0) is 20.4. The van der Waals surface area contributed by atoms with E-state index in [0.29, 0.717) is 12.1 Å². The van der Waals surface area contributed by atoms with Crippen molar-refractivity contribution in [1.82, 2.24) is 15.1 Å². The van der Waals surface area contributed by atoms with E-state index in [4.69, 9.17) is 0 Å². The Morgan fingerprint density at radius 1 is 1.24 bits per heavy atom. The highest BCUT2D eigenvalue weighted by Gasteiger charge is 2.29. The number of nitro groups is 1. The lowest BCUT2D eigenvalue weighted by atomic mass is 9.92. The molecule has 0 bridgehead atoms. The highest BCUT2D eigenvalue weighted by molar-refractivity contribution is 5.98. The van der Waals surface area contributed by atoms with Crippen LogP contribution in [0.25, 0.3) is 0 Å². The number of carbonyl (C=O) groups is 1. The lowest BCUT2D eigenvalue weighted by Crippen LogP contribution is -2.31. The molecule has 1 heterocycles. The van der Waals surface area contributed by atoms with Crippen LogP contribution in [0, 0.1) is 17.0 Å². The van der Waals surface area contributed by atoms with Gasteiger partial charge in [0.25, 0.3) is 11.6 Å². The molecule has 148 valence electrons. The molecule has 7 heteroatoms. The molecule has 0 aliphatic heterocycles. The summed E-state index contributed by atoms with van der Waals surface area (Å²) in [5.74, 6) is -0.422. The molecule has 4 rings (SSSR count). The third kappa shape index (κ3) is 3.76. The zero-order valence-corrected chi connectivity index (χ0v) is 16.2. The summed E-state index contributed by atoms with van der Waals surface area (Å²) in [7, 11) is 0. The Hall–Kier alpha value is -3.48. The Morgan fingerprint density at radius 2 is 2.03 bits per heavy atom. The van der Waals surface area contributed by atoms with Gasteiger partial charge in [-0.3, -0.25) is 19.6 Å². The number of aryl methyl sites for hydroxylation is 1. The van der Waals surface area contributed by atoms with Crippen molar-refractivity contribution in [2.24, 2.45) is 0 Å². The minimum Gasteiger partial charge on any atom is -0.345 e. The van der Waals surface area contributed by atoms with Gasteiger partial charge in [-0.2, -0.15) is 5.10 Å². The summed E-state index contributed by atoms with van der Waals surface area (Å²) < 4.78 is 1.98. The first-order valence-electron chi connectivity index (χ1n) is 9.68. The van der Waals surface area contributed by atoms with Crippen molar-refractivity contribution >= 4 is 11.6 Å². The molecule has 29 heavy (non-hydrogen) atoms. The van der Waals surface area contributed by atoms with Crippen LogP contribution in [0.1, 0.15) is 51.6 Å². The van der Waals surface area contributed by atoms with Crippen LogP contribution in [0.5, 0.6) is 0 Å². The molecule has 3 aromatic rings. The Bertz CT molecular complexity index is 1060. The number of nitrogens with zero attached hydrogens (tertiary/aromatic N) is 3. The second kappa shape index (κ2) is 7.87. The maximum Gasteiger partial charge on any atom is 0.285 e. The van der Waals surface area contributed by atoms with Gasteiger partial charge in [-0.05, 0) is 37.8 Å². The predicted octanol–water partition coefficient (Wildman–Crippen LogP) is 3.96. The van der Waals surface area contributed by atoms with E-state index in [1.807, 2.05) is 29.1 Å². The maximum atomic E-state index is 12.9. The van der Waals surface area contributed by atoms with Gasteiger partial charge in [-0.1, -0.05) is 42.5 Å². The van der Waals surface area contributed by atoms with Gasteiger partial charge in [-0.15, -0.1) is 0 Å². The summed E-state index contributed by atoms with van der Waals surface area (Å²) in [4.78, 5) is 23.8. The third-order valence-electron chi connectivity index (χ3n) is 5.41. The number of benzene rings is 2. The summed E-state index contributed by atoms with van der Waals surface area (Å²) in [6, 6.07) is 14.7. The summed E-state index contributed by atoms with van der Waals surface area (Å²) in [5.41, 5.74) is 3.71. The van der Waals surface area contributed by atoms with Crippen LogP contribution >= 0.6 is 0 Å². The normalized spacial score (nSPS) is 15.6. The van der Waals surface area contributed by atoms with Gasteiger partial charge in [0.15, 0.2) is 0 Å². The van der Waals surface area contributed by atoms with Crippen molar-refractivity contribution in [2.75, 3.05) is 0 Å². The van der Waals surface area contributed by atoms with Crippen LogP contribution in [0.4, 0.5) is 5.69 Å². The smallest absolute Gasteiger partial charge is 0.285 e. The minimum atomic E-state index is -0.492. The molecule has 1 unspecified atom stereocenters. The number of aromatic nitrogens is 2. The zero-order valence-electron chi connectivity index (χ0n) is 16.2. The Morgan fingerprint density at radius 3 is 2.79 bits per heavy atom. The number of hydrogen-bond donors (Lipinski definition) is 1. The van der Waals surface area contributed by atoms with E-state index in [0.717, 1.165) is 30.5 Å². The molecule has 0 radical (unpaired) electrons. The summed E-state index contributed by atoms with van der Waals surface area (Å²) in [6.45, 7) is 2.32. The lowest BCUT2D eigenvalue weighted by Gasteiger charge is -2.24. The largest absolute Gasteiger partial charge is 0.345 e. The van der Waals surface area contributed by atoms with E-state index in [9.17, 15) is 14.9 Å². The number of carbonyl (C=O) groups excluding carboxylic acids is 1. The standard InChI is InChI=1S/C22H22N4O3/c1-15-7-5-10-17(21(15)26(28)29)22(27)24-19-11-6-12-20-18(19)13-23-25(20)14-16-8-3-2-4-9-16/h2-5,7-10,13,19H,6,11-12,14H2,1H3,(H,24,27). The van der Waals surface area contributed by atoms with Crippen molar-refractivity contribution in [3.8, 4) is 0 Å². The first kappa shape index (κ1) is 18.9. The van der Waals surface area contributed by atoms with Crippen molar-refractivity contribution in [2.45, 2.75) is 38.8 Å². The number of para-hydroxylation sites is 1. The second-order valence-electron chi connectivity index (χ2n) is 7.34. The fourth-order valence-corrected chi connectivity index (χ4v) is 3.98. The quantitative estimate of drug-likeness (QED) is 0.527. The van der Waals surface area contributed by atoms with Crippen molar-refractivity contribution in [3.05, 3.63) is 92.8 Å². The number of hydrogen-bond acceptors (Lipinski definition) is 4. The van der Waals surface area contributed by atoms with Gasteiger partial charge in [0.05, 0.1) is 23.7 Å². The SMILES string of the molecule is Cc1cccc(C(=O)NC2CCCc3c2cnn3Cc2ccccc2)c1[N+](=O)[O-]. The van der Waals surface area contributed by atoms with Crippen LogP contribution in [0.3, 0.4) is 0 Å². The summed E-state index contributed by atoms with van der Waals surface area (Å²) in [6.07, 6.45) is 4.43. The summed E-state index contributed by atoms with van der Waals surface area (Å²) in [5, 5.41) is 19.0. The molecule has 1 aromatic heterocycles. The van der Waals surface area contributed by atoms with Crippen molar-refractivity contribution < 1.29 is 9.72 Å². The van der Waals surface area contributed by atoms with Crippen LogP contribution in [-0.2, 0) is 13.0 Å². The van der Waals surface area contributed by atoms with E-state index in [1.54, 1.807) is 19.1 Å². The Kier molecular flexibility index (Phi) is 5.12. The molecule has 1 amide bonds. The van der Waals surface area contributed by atoms with Gasteiger partial charge in [0.1, 0.15) is 5.56 Å². The molecule has 1 atom stereocenters. The molecule has 1 aliphatic carbocycles. The third-order valence-corrected chi connectivity index (χ3v) is 5.41. The molecule has 1 aliphatic rings. The maximum absolute atomic E-state index is 12.9. The van der Waals surface area contributed by atoms with E-state index >= 15 is 0 Å². The van der Waals surface area contributed by atoms with Crippen LogP contribution in [-0.4, -0.2) is 20.6 Å². The number of amides is 1. The molecule has 0 spiro atoms. The molecule has 2 aromatic carbocycles. The fourth-order valence-electron chi connectivity index (χ4n) is 3.98. The Balaban J connectivity index is 1.58. The number of fused-ring (bicyclic) bond motifs is 1. The highest BCUT2D eigenvalue weighted by atomic mass is 16.6. The molecular formula is C22H22N4O3. The van der Waals surface area contributed by atoms with Crippen LogP contribution in [0.15, 0.2) is 54.7 Å². The summed E-state index contributed by atoms with van der Waals surface area (Å²) >= 11 is 0. The lowest BCUT2D eigenvalue weighted by molar-refractivity contribution is -0.385. The predicted molar refractivity (Wildman–Crippen MR) is 109 cm³/mol. The van der Waals surface area contributed by atoms with E-state index < -0.39 is 10.8 Å². The van der Waals surface area contributed by atoms with Gasteiger partial charge in [0.2, 0.25) is 0 Å². The molecule has 0 saturated heterocycles. The van der Waals surface area contributed by atoms with E-state index in [1.165, 1.54) is 11.6 Å².